The Kier molecular flexibility index (Phi) is 7.16. The van der Waals surface area contributed by atoms with Crippen LogP contribution in [0, 0.1) is 6.92 Å². The van der Waals surface area contributed by atoms with Crippen LogP contribution in [0.15, 0.2) is 84.9 Å². The van der Waals surface area contributed by atoms with E-state index < -0.39 is 29.0 Å². The van der Waals surface area contributed by atoms with Gasteiger partial charge in [-0.3, -0.25) is 0 Å². The van der Waals surface area contributed by atoms with E-state index in [9.17, 15) is 26.3 Å². The molecule has 4 rings (SSSR count). The number of anilines is 2. The zero-order valence-corrected chi connectivity index (χ0v) is 20.8. The molecule has 0 amide bonds. The molecule has 0 bridgehead atoms. The van der Waals surface area contributed by atoms with Crippen LogP contribution in [0.3, 0.4) is 0 Å². The van der Waals surface area contributed by atoms with Crippen molar-refractivity contribution in [2.24, 2.45) is 0 Å². The van der Waals surface area contributed by atoms with Crippen LogP contribution in [0.5, 0.6) is 23.0 Å². The van der Waals surface area contributed by atoms with Crippen molar-refractivity contribution in [3.8, 4) is 23.0 Å². The van der Waals surface area contributed by atoms with Gasteiger partial charge in [-0.25, -0.2) is 0 Å². The summed E-state index contributed by atoms with van der Waals surface area (Å²) in [5, 5.41) is 0. The van der Waals surface area contributed by atoms with Crippen molar-refractivity contribution in [3.05, 3.63) is 107 Å². The summed E-state index contributed by atoms with van der Waals surface area (Å²) in [6.45, 7) is 2.86. The summed E-state index contributed by atoms with van der Waals surface area (Å²) in [7, 11) is 0. The van der Waals surface area contributed by atoms with Crippen molar-refractivity contribution in [1.82, 2.24) is 0 Å². The molecule has 0 radical (unpaired) electrons. The zero-order chi connectivity index (χ0) is 28.6. The van der Waals surface area contributed by atoms with Gasteiger partial charge < -0.3 is 20.9 Å². The number of benzene rings is 4. The van der Waals surface area contributed by atoms with Crippen LogP contribution in [0.1, 0.15) is 29.2 Å². The Bertz CT molecular complexity index is 1470. The van der Waals surface area contributed by atoms with Gasteiger partial charge in [-0.1, -0.05) is 24.3 Å². The smallest absolute Gasteiger partial charge is 0.418 e. The summed E-state index contributed by atoms with van der Waals surface area (Å²) < 4.78 is 94.0. The summed E-state index contributed by atoms with van der Waals surface area (Å²) in [5.74, 6) is 0.739. The van der Waals surface area contributed by atoms with Crippen molar-refractivity contribution in [3.63, 3.8) is 0 Å². The second-order valence-electron chi connectivity index (χ2n) is 9.14. The minimum atomic E-state index is -4.68. The maximum absolute atomic E-state index is 14.5. The van der Waals surface area contributed by atoms with Gasteiger partial charge in [0.15, 0.2) is 0 Å². The van der Waals surface area contributed by atoms with Crippen molar-refractivity contribution < 1.29 is 35.8 Å². The first-order valence-corrected chi connectivity index (χ1v) is 11.6. The Morgan fingerprint density at radius 3 is 1.38 bits per heavy atom. The predicted octanol–water partition coefficient (Wildman–Crippen LogP) is 8.63. The number of ether oxygens (including phenoxy) is 2. The highest BCUT2D eigenvalue weighted by molar-refractivity contribution is 5.53. The Hall–Kier alpha value is -4.34. The van der Waals surface area contributed by atoms with Crippen LogP contribution < -0.4 is 20.9 Å². The molecule has 39 heavy (non-hydrogen) atoms. The zero-order valence-electron chi connectivity index (χ0n) is 20.8. The Morgan fingerprint density at radius 2 is 0.974 bits per heavy atom. The van der Waals surface area contributed by atoms with Gasteiger partial charge in [-0.05, 0) is 91.2 Å². The first kappa shape index (κ1) is 27.7. The highest BCUT2D eigenvalue weighted by atomic mass is 19.4. The lowest BCUT2D eigenvalue weighted by Gasteiger charge is -2.33. The number of hydrogen-bond donors (Lipinski definition) is 2. The SMILES string of the molecule is Cc1cc(Oc2ccc(C(C)(c3ccc(Oc4ccc(N)c(C(F)(F)F)c4)cc3)C(F)(F)F)cc2)ccc1N. The second-order valence-corrected chi connectivity index (χ2v) is 9.14. The summed E-state index contributed by atoms with van der Waals surface area (Å²) in [6, 6.07) is 18.6. The summed E-state index contributed by atoms with van der Waals surface area (Å²) in [4.78, 5) is 0. The van der Waals surface area contributed by atoms with E-state index in [1.165, 1.54) is 54.6 Å². The first-order valence-electron chi connectivity index (χ1n) is 11.6. The molecule has 10 heteroatoms. The molecule has 4 N–H and O–H groups in total. The van der Waals surface area contributed by atoms with Crippen molar-refractivity contribution in [2.45, 2.75) is 31.6 Å². The number of aryl methyl sites for hydroxylation is 1. The van der Waals surface area contributed by atoms with Crippen LogP contribution in [-0.2, 0) is 11.6 Å². The quantitative estimate of drug-likeness (QED) is 0.188. The van der Waals surface area contributed by atoms with E-state index in [2.05, 4.69) is 0 Å². The van der Waals surface area contributed by atoms with Gasteiger partial charge in [0.05, 0.1) is 5.56 Å². The third-order valence-electron chi connectivity index (χ3n) is 6.47. The Morgan fingerprint density at radius 1 is 0.564 bits per heavy atom. The summed E-state index contributed by atoms with van der Waals surface area (Å²) in [5.41, 5.74) is 8.55. The molecule has 1 atom stereocenters. The van der Waals surface area contributed by atoms with E-state index >= 15 is 0 Å². The molecule has 0 aliphatic rings. The highest BCUT2D eigenvalue weighted by Crippen LogP contribution is 2.47. The number of nitrogens with two attached hydrogens (primary N) is 2. The van der Waals surface area contributed by atoms with Crippen molar-refractivity contribution in [1.29, 1.82) is 0 Å². The maximum atomic E-state index is 14.5. The minimum Gasteiger partial charge on any atom is -0.457 e. The van der Waals surface area contributed by atoms with Crippen molar-refractivity contribution in [2.75, 3.05) is 11.5 Å². The summed E-state index contributed by atoms with van der Waals surface area (Å²) >= 11 is 0. The molecule has 0 saturated heterocycles. The molecule has 4 aromatic carbocycles. The highest BCUT2D eigenvalue weighted by Gasteiger charge is 2.53. The molecule has 204 valence electrons. The molecule has 0 aliphatic heterocycles. The van der Waals surface area contributed by atoms with E-state index in [0.29, 0.717) is 17.2 Å². The predicted molar refractivity (Wildman–Crippen MR) is 137 cm³/mol. The number of nitrogen functional groups attached to an aromatic ring is 2. The van der Waals surface area contributed by atoms with Gasteiger partial charge in [-0.2, -0.15) is 26.3 Å². The molecule has 0 aromatic heterocycles. The van der Waals surface area contributed by atoms with E-state index in [1.807, 2.05) is 6.92 Å². The Labute approximate surface area is 220 Å². The van der Waals surface area contributed by atoms with Gasteiger partial charge in [0.25, 0.3) is 0 Å². The van der Waals surface area contributed by atoms with Gasteiger partial charge in [0, 0.05) is 11.4 Å². The van der Waals surface area contributed by atoms with Crippen molar-refractivity contribution >= 4 is 11.4 Å². The molecule has 0 saturated carbocycles. The maximum Gasteiger partial charge on any atom is 0.418 e. The second kappa shape index (κ2) is 10.1. The van der Waals surface area contributed by atoms with Gasteiger partial charge >= 0.3 is 12.4 Å². The summed E-state index contributed by atoms with van der Waals surface area (Å²) in [6.07, 6.45) is -9.36. The number of rotatable bonds is 6. The van der Waals surface area contributed by atoms with Crippen LogP contribution >= 0.6 is 0 Å². The van der Waals surface area contributed by atoms with Gasteiger partial charge in [0.2, 0.25) is 0 Å². The lowest BCUT2D eigenvalue weighted by Crippen LogP contribution is -2.40. The van der Waals surface area contributed by atoms with Crippen LogP contribution in [0.25, 0.3) is 0 Å². The Balaban J connectivity index is 1.59. The number of alkyl halides is 6. The average molecular weight is 547 g/mol. The first-order chi connectivity index (χ1) is 18.2. The third kappa shape index (κ3) is 5.74. The number of halogens is 6. The molecule has 0 heterocycles. The molecule has 4 nitrogen and oxygen atoms in total. The average Bonchev–Trinajstić information content (AvgIpc) is 2.86. The molecule has 0 aliphatic carbocycles. The fraction of sp³-hybridized carbons (Fsp3) is 0.172. The number of hydrogen-bond acceptors (Lipinski definition) is 4. The molecule has 0 fully saturated rings. The van der Waals surface area contributed by atoms with E-state index in [1.54, 1.807) is 18.2 Å². The van der Waals surface area contributed by atoms with Gasteiger partial charge in [-0.15, -0.1) is 0 Å². The van der Waals surface area contributed by atoms with Crippen LogP contribution in [-0.4, -0.2) is 6.18 Å². The molecular weight excluding hydrogens is 522 g/mol. The van der Waals surface area contributed by atoms with E-state index in [0.717, 1.165) is 24.6 Å². The topological polar surface area (TPSA) is 70.5 Å². The fourth-order valence-electron chi connectivity index (χ4n) is 4.03. The van der Waals surface area contributed by atoms with Gasteiger partial charge in [0.1, 0.15) is 28.4 Å². The molecule has 4 aromatic rings. The standard InChI is InChI=1S/C29H24F6N2O2/c1-17-15-22(11-13-25(17)36)38-20-7-3-18(4-8-20)27(2,29(33,34)35)19-5-9-21(10-6-19)39-23-12-14-26(37)24(16-23)28(30,31)32/h3-16H,36-37H2,1-2H3. The third-order valence-corrected chi connectivity index (χ3v) is 6.47. The van der Waals surface area contributed by atoms with Crippen LogP contribution in [0.2, 0.25) is 0 Å². The van der Waals surface area contributed by atoms with E-state index in [-0.39, 0.29) is 22.6 Å². The lowest BCUT2D eigenvalue weighted by molar-refractivity contribution is -0.173. The lowest BCUT2D eigenvalue weighted by atomic mass is 9.75. The van der Waals surface area contributed by atoms with E-state index in [4.69, 9.17) is 20.9 Å². The monoisotopic (exact) mass is 546 g/mol. The minimum absolute atomic E-state index is 0.0298. The molecular formula is C29H24F6N2O2. The normalized spacial score (nSPS) is 13.5. The molecule has 1 unspecified atom stereocenters. The molecule has 0 spiro atoms. The fourth-order valence-corrected chi connectivity index (χ4v) is 4.03. The largest absolute Gasteiger partial charge is 0.457 e. The van der Waals surface area contributed by atoms with Crippen LogP contribution in [0.4, 0.5) is 37.7 Å².